The summed E-state index contributed by atoms with van der Waals surface area (Å²) in [5.41, 5.74) is -1.89. The first-order chi connectivity index (χ1) is 9.55. The zero-order valence-corrected chi connectivity index (χ0v) is 12.6. The van der Waals surface area contributed by atoms with Crippen molar-refractivity contribution in [2.45, 2.75) is 19.3 Å². The Bertz CT molecular complexity index is 527. The van der Waals surface area contributed by atoms with Crippen molar-refractivity contribution >= 4 is 29.5 Å². The molecule has 11 heteroatoms. The maximum absolute atomic E-state index is 11.6. The van der Waals surface area contributed by atoms with Crippen LogP contribution in [0, 0.1) is 0 Å². The highest BCUT2D eigenvalue weighted by atomic mass is 32.3. The zero-order valence-electron chi connectivity index (χ0n) is 11.8. The Labute approximate surface area is 122 Å². The van der Waals surface area contributed by atoms with Crippen molar-refractivity contribution in [1.82, 2.24) is 4.90 Å². The van der Waals surface area contributed by atoms with Crippen LogP contribution in [-0.2, 0) is 33.5 Å². The average molecular weight is 321 g/mol. The van der Waals surface area contributed by atoms with E-state index >= 15 is 0 Å². The molecule has 1 rings (SSSR count). The third-order valence-corrected chi connectivity index (χ3v) is 3.10. The summed E-state index contributed by atoms with van der Waals surface area (Å²) in [5, 5.41) is 0. The number of hydrogen-bond acceptors (Lipinski definition) is 8. The Kier molecular flexibility index (Phi) is 5.51. The van der Waals surface area contributed by atoms with Crippen LogP contribution in [-0.4, -0.2) is 62.6 Å². The fraction of sp³-hybridized carbons (Fsp3) is 0.600. The van der Waals surface area contributed by atoms with Crippen LogP contribution in [0.5, 0.6) is 0 Å². The first-order valence-corrected chi connectivity index (χ1v) is 7.31. The lowest BCUT2D eigenvalue weighted by atomic mass is 9.68. The van der Waals surface area contributed by atoms with Gasteiger partial charge in [-0.2, -0.15) is 8.42 Å². The van der Waals surface area contributed by atoms with Crippen molar-refractivity contribution in [1.29, 1.82) is 0 Å². The molecule has 1 atom stereocenters. The van der Waals surface area contributed by atoms with Gasteiger partial charge in [0, 0.05) is 0 Å². The molecule has 0 saturated carbocycles. The number of likely N-dealkylation sites (N-methyl/N-ethyl adjacent to an activating group) is 1. The lowest BCUT2D eigenvalue weighted by Gasteiger charge is -2.30. The second-order valence-corrected chi connectivity index (χ2v) is 5.70. The van der Waals surface area contributed by atoms with Gasteiger partial charge in [0.25, 0.3) is 0 Å². The second-order valence-electron chi connectivity index (χ2n) is 4.68. The summed E-state index contributed by atoms with van der Waals surface area (Å²) in [7, 11) is -5.00. The molecule has 0 aliphatic carbocycles. The summed E-state index contributed by atoms with van der Waals surface area (Å²) >= 11 is 0. The lowest BCUT2D eigenvalue weighted by Crippen LogP contribution is -2.54. The van der Waals surface area contributed by atoms with E-state index in [9.17, 15) is 18.0 Å². The third-order valence-electron chi connectivity index (χ3n) is 2.53. The molecule has 21 heavy (non-hydrogen) atoms. The number of nitrogens with zero attached hydrogens (tertiary/aromatic N) is 1. The minimum Gasteiger partial charge on any atom is -0.496 e. The molecule has 1 unspecified atom stereocenters. The van der Waals surface area contributed by atoms with Crippen molar-refractivity contribution < 1.29 is 36.1 Å². The van der Waals surface area contributed by atoms with Gasteiger partial charge in [-0.05, 0) is 20.9 Å². The van der Waals surface area contributed by atoms with Gasteiger partial charge in [-0.3, -0.25) is 19.0 Å². The molecular formula is C10H16BNO8S. The van der Waals surface area contributed by atoms with Crippen molar-refractivity contribution in [3.63, 3.8) is 0 Å². The highest BCUT2D eigenvalue weighted by Crippen LogP contribution is 2.22. The van der Waals surface area contributed by atoms with Gasteiger partial charge in [0.1, 0.15) is 0 Å². The molecule has 0 bridgehead atoms. The SMILES string of the molecule is CC=CC(C)(OS(=O)(=O)O)B1OC(=O)CN(C)CC(=O)O1. The second kappa shape index (κ2) is 6.56. The minimum absolute atomic E-state index is 0.177. The predicted molar refractivity (Wildman–Crippen MR) is 71.3 cm³/mol. The Hall–Kier alpha value is -1.43. The van der Waals surface area contributed by atoms with Crippen molar-refractivity contribution in [2.24, 2.45) is 0 Å². The van der Waals surface area contributed by atoms with Crippen LogP contribution < -0.4 is 0 Å². The molecule has 1 heterocycles. The number of rotatable bonds is 4. The number of carbonyl (C=O) groups excluding carboxylic acids is 2. The molecule has 0 aromatic carbocycles. The van der Waals surface area contributed by atoms with Gasteiger partial charge in [0.15, 0.2) is 5.50 Å². The molecule has 118 valence electrons. The number of hydrogen-bond donors (Lipinski definition) is 1. The molecule has 0 radical (unpaired) electrons. The quantitative estimate of drug-likeness (QED) is 0.403. The number of carbonyl (C=O) groups is 2. The molecule has 0 spiro atoms. The summed E-state index contributed by atoms with van der Waals surface area (Å²) in [6.07, 6.45) is 2.59. The molecule has 1 fully saturated rings. The fourth-order valence-corrected chi connectivity index (χ4v) is 2.36. The summed E-state index contributed by atoms with van der Waals surface area (Å²) in [6.45, 7) is 2.38. The van der Waals surface area contributed by atoms with Crippen LogP contribution in [0.25, 0.3) is 0 Å². The largest absolute Gasteiger partial charge is 0.638 e. The van der Waals surface area contributed by atoms with Crippen LogP contribution in [0.2, 0.25) is 0 Å². The van der Waals surface area contributed by atoms with Crippen molar-refractivity contribution in [3.05, 3.63) is 12.2 Å². The van der Waals surface area contributed by atoms with E-state index in [2.05, 4.69) is 4.18 Å². The molecule has 0 aromatic heterocycles. The average Bonchev–Trinajstić information content (AvgIpc) is 2.23. The first-order valence-electron chi connectivity index (χ1n) is 5.95. The molecule has 1 N–H and O–H groups in total. The Morgan fingerprint density at radius 3 is 2.19 bits per heavy atom. The van der Waals surface area contributed by atoms with Gasteiger partial charge in [0.05, 0.1) is 13.1 Å². The summed E-state index contributed by atoms with van der Waals surface area (Å²) in [4.78, 5) is 24.6. The maximum Gasteiger partial charge on any atom is 0.638 e. The molecule has 1 aliphatic heterocycles. The Balaban J connectivity index is 3.10. The molecule has 1 aliphatic rings. The van der Waals surface area contributed by atoms with E-state index in [1.807, 2.05) is 0 Å². The monoisotopic (exact) mass is 321 g/mol. The van der Waals surface area contributed by atoms with Crippen LogP contribution in [0.15, 0.2) is 12.2 Å². The topological polar surface area (TPSA) is 119 Å². The summed E-state index contributed by atoms with van der Waals surface area (Å²) in [5.74, 6) is -1.46. The van der Waals surface area contributed by atoms with Gasteiger partial charge in [-0.25, -0.2) is 4.18 Å². The van der Waals surface area contributed by atoms with E-state index < -0.39 is 35.0 Å². The summed E-state index contributed by atoms with van der Waals surface area (Å²) in [6, 6.07) is 0. The predicted octanol–water partition coefficient (Wildman–Crippen LogP) is -0.800. The van der Waals surface area contributed by atoms with Crippen molar-refractivity contribution in [3.8, 4) is 0 Å². The third kappa shape index (κ3) is 5.46. The Morgan fingerprint density at radius 2 is 1.81 bits per heavy atom. The van der Waals surface area contributed by atoms with E-state index in [1.165, 1.54) is 31.0 Å². The van der Waals surface area contributed by atoms with Gasteiger partial charge >= 0.3 is 29.5 Å². The van der Waals surface area contributed by atoms with Crippen LogP contribution >= 0.6 is 0 Å². The smallest absolute Gasteiger partial charge is 0.496 e. The minimum atomic E-state index is -4.86. The van der Waals surface area contributed by atoms with Crippen molar-refractivity contribution in [2.75, 3.05) is 20.1 Å². The normalized spacial score (nSPS) is 21.4. The van der Waals surface area contributed by atoms with Crippen LogP contribution in [0.1, 0.15) is 13.8 Å². The van der Waals surface area contributed by atoms with E-state index in [4.69, 9.17) is 13.9 Å². The first kappa shape index (κ1) is 17.6. The standard InChI is InChI=1S/C10H16BNO8S/c1-4-5-10(2,20-21(15,16)17)11-18-8(13)6-12(3)7-9(14)19-11/h4-5H,6-7H2,1-3H3,(H,15,16,17). The zero-order chi connectivity index (χ0) is 16.3. The van der Waals surface area contributed by atoms with E-state index in [1.54, 1.807) is 6.92 Å². The van der Waals surface area contributed by atoms with Gasteiger partial charge in [-0.15, -0.1) is 0 Å². The van der Waals surface area contributed by atoms with Crippen LogP contribution in [0.4, 0.5) is 0 Å². The number of allylic oxidation sites excluding steroid dienone is 1. The summed E-state index contributed by atoms with van der Waals surface area (Å²) < 4.78 is 45.1. The molecule has 0 aromatic rings. The van der Waals surface area contributed by atoms with E-state index in [0.717, 1.165) is 0 Å². The highest BCUT2D eigenvalue weighted by molar-refractivity contribution is 7.81. The van der Waals surface area contributed by atoms with Gasteiger partial charge < -0.3 is 9.31 Å². The van der Waals surface area contributed by atoms with Gasteiger partial charge in [0.2, 0.25) is 0 Å². The highest BCUT2D eigenvalue weighted by Gasteiger charge is 2.51. The van der Waals surface area contributed by atoms with Crippen LogP contribution in [0.3, 0.4) is 0 Å². The van der Waals surface area contributed by atoms with E-state index in [0.29, 0.717) is 0 Å². The molecular weight excluding hydrogens is 305 g/mol. The van der Waals surface area contributed by atoms with Gasteiger partial charge in [-0.1, -0.05) is 12.2 Å². The lowest BCUT2D eigenvalue weighted by molar-refractivity contribution is -0.147. The Morgan fingerprint density at radius 1 is 1.33 bits per heavy atom. The molecule has 0 amide bonds. The van der Waals surface area contributed by atoms with E-state index in [-0.39, 0.29) is 13.1 Å². The molecule has 1 saturated heterocycles. The fourth-order valence-electron chi connectivity index (χ4n) is 1.77. The molecule has 9 nitrogen and oxygen atoms in total. The maximum atomic E-state index is 11.6.